The Labute approximate surface area is 195 Å². The predicted molar refractivity (Wildman–Crippen MR) is 128 cm³/mol. The molecule has 0 aromatic rings. The van der Waals surface area contributed by atoms with E-state index in [0.29, 0.717) is 40.4 Å². The molecule has 1 heterocycles. The van der Waals surface area contributed by atoms with Gasteiger partial charge in [0, 0.05) is 6.42 Å². The normalized spacial score (nSPS) is 50.6. The Bertz CT molecular complexity index is 749. The number of ether oxygens (including phenoxy) is 1. The smallest absolute Gasteiger partial charge is 0.183 e. The number of fused-ring (bicyclic) bond motifs is 5. The van der Waals surface area contributed by atoms with Gasteiger partial charge in [-0.1, -0.05) is 20.8 Å². The third-order valence-electron chi connectivity index (χ3n) is 11.2. The SMILES string of the molecule is C[C@H](CCC1=NC(C)(C)CO1)[C@H]1CC[C@H]2[C@@H]3[C@@H](O)C[C@H]4C[C@@H](O)CC[C@]4(C)[C@H]3CC[C@]12C. The van der Waals surface area contributed by atoms with Gasteiger partial charge in [-0.15, -0.1) is 0 Å². The van der Waals surface area contributed by atoms with Crippen LogP contribution < -0.4 is 0 Å². The van der Waals surface area contributed by atoms with E-state index in [1.165, 1.54) is 25.7 Å². The molecule has 0 spiro atoms. The highest BCUT2D eigenvalue weighted by atomic mass is 16.5. The topological polar surface area (TPSA) is 62.0 Å². The Balaban J connectivity index is 1.30. The molecule has 4 aliphatic carbocycles. The van der Waals surface area contributed by atoms with Gasteiger partial charge in [-0.05, 0) is 118 Å². The molecule has 5 aliphatic rings. The second-order valence-electron chi connectivity index (χ2n) is 13.6. The van der Waals surface area contributed by atoms with E-state index in [1.807, 2.05) is 0 Å². The minimum atomic E-state index is -0.175. The lowest BCUT2D eigenvalue weighted by atomic mass is 9.43. The first-order valence-corrected chi connectivity index (χ1v) is 13.6. The molecular weight excluding hydrogens is 398 g/mol. The molecule has 182 valence electrons. The van der Waals surface area contributed by atoms with Gasteiger partial charge < -0.3 is 14.9 Å². The summed E-state index contributed by atoms with van der Waals surface area (Å²) >= 11 is 0. The van der Waals surface area contributed by atoms with E-state index in [1.54, 1.807) is 0 Å². The quantitative estimate of drug-likeness (QED) is 0.592. The molecule has 10 atom stereocenters. The van der Waals surface area contributed by atoms with Crippen LogP contribution in [-0.2, 0) is 4.74 Å². The first-order valence-electron chi connectivity index (χ1n) is 13.6. The Morgan fingerprint density at radius 1 is 0.969 bits per heavy atom. The van der Waals surface area contributed by atoms with Gasteiger partial charge in [0.2, 0.25) is 0 Å². The molecular formula is C28H47NO3. The molecule has 1 aliphatic heterocycles. The van der Waals surface area contributed by atoms with E-state index in [0.717, 1.165) is 56.9 Å². The molecule has 4 nitrogen and oxygen atoms in total. The van der Waals surface area contributed by atoms with Crippen LogP contribution in [0.2, 0.25) is 0 Å². The second kappa shape index (κ2) is 7.97. The van der Waals surface area contributed by atoms with Crippen molar-refractivity contribution in [2.75, 3.05) is 6.61 Å². The first-order chi connectivity index (χ1) is 15.0. The van der Waals surface area contributed by atoms with Crippen molar-refractivity contribution < 1.29 is 14.9 Å². The summed E-state index contributed by atoms with van der Waals surface area (Å²) in [4.78, 5) is 4.78. The number of aliphatic hydroxyl groups excluding tert-OH is 2. The van der Waals surface area contributed by atoms with Crippen molar-refractivity contribution in [2.24, 2.45) is 51.3 Å². The maximum atomic E-state index is 11.4. The van der Waals surface area contributed by atoms with Crippen LogP contribution in [0.4, 0.5) is 0 Å². The van der Waals surface area contributed by atoms with Gasteiger partial charge in [0.05, 0.1) is 17.7 Å². The summed E-state index contributed by atoms with van der Waals surface area (Å²) in [7, 11) is 0. The first kappa shape index (κ1) is 23.1. The lowest BCUT2D eigenvalue weighted by molar-refractivity contribution is -0.174. The lowest BCUT2D eigenvalue weighted by Crippen LogP contribution is -2.58. The molecule has 0 saturated heterocycles. The monoisotopic (exact) mass is 445 g/mol. The molecule has 0 radical (unpaired) electrons. The fourth-order valence-corrected chi connectivity index (χ4v) is 9.52. The fraction of sp³-hybridized carbons (Fsp3) is 0.964. The van der Waals surface area contributed by atoms with Gasteiger partial charge in [0.25, 0.3) is 0 Å². The van der Waals surface area contributed by atoms with Crippen molar-refractivity contribution >= 4 is 5.90 Å². The van der Waals surface area contributed by atoms with Crippen LogP contribution >= 0.6 is 0 Å². The molecule has 4 saturated carbocycles. The molecule has 4 heteroatoms. The van der Waals surface area contributed by atoms with Crippen molar-refractivity contribution in [3.8, 4) is 0 Å². The van der Waals surface area contributed by atoms with Crippen molar-refractivity contribution in [1.29, 1.82) is 0 Å². The molecule has 4 fully saturated rings. The van der Waals surface area contributed by atoms with Gasteiger partial charge in [-0.25, -0.2) is 4.99 Å². The Morgan fingerprint density at radius 2 is 1.69 bits per heavy atom. The summed E-state index contributed by atoms with van der Waals surface area (Å²) in [6.45, 7) is 12.6. The van der Waals surface area contributed by atoms with Crippen molar-refractivity contribution in [3.05, 3.63) is 0 Å². The number of hydrogen-bond acceptors (Lipinski definition) is 4. The third kappa shape index (κ3) is 3.67. The highest BCUT2D eigenvalue weighted by Crippen LogP contribution is 2.68. The molecule has 0 amide bonds. The molecule has 2 N–H and O–H groups in total. The van der Waals surface area contributed by atoms with E-state index in [2.05, 4.69) is 34.6 Å². The fourth-order valence-electron chi connectivity index (χ4n) is 9.52. The summed E-state index contributed by atoms with van der Waals surface area (Å²) in [6, 6.07) is 0. The maximum Gasteiger partial charge on any atom is 0.183 e. The molecule has 5 rings (SSSR count). The molecule has 0 bridgehead atoms. The summed E-state index contributed by atoms with van der Waals surface area (Å²) in [6.07, 6.45) is 10.9. The van der Waals surface area contributed by atoms with Gasteiger partial charge in [-0.2, -0.15) is 0 Å². The number of aliphatic imine (C=N–C) groups is 1. The van der Waals surface area contributed by atoms with E-state index in [9.17, 15) is 10.2 Å². The second-order valence-corrected chi connectivity index (χ2v) is 13.6. The van der Waals surface area contributed by atoms with E-state index >= 15 is 0 Å². The largest absolute Gasteiger partial charge is 0.478 e. The zero-order valence-electron chi connectivity index (χ0n) is 21.1. The van der Waals surface area contributed by atoms with Crippen LogP contribution in [0, 0.1) is 46.3 Å². The van der Waals surface area contributed by atoms with Crippen LogP contribution in [0.5, 0.6) is 0 Å². The van der Waals surface area contributed by atoms with Crippen LogP contribution in [0.1, 0.15) is 98.8 Å². The van der Waals surface area contributed by atoms with Crippen molar-refractivity contribution in [2.45, 2.75) is 117 Å². The van der Waals surface area contributed by atoms with Gasteiger partial charge in [0.15, 0.2) is 5.90 Å². The van der Waals surface area contributed by atoms with E-state index in [-0.39, 0.29) is 17.7 Å². The number of rotatable bonds is 4. The van der Waals surface area contributed by atoms with Gasteiger partial charge >= 0.3 is 0 Å². The van der Waals surface area contributed by atoms with Crippen LogP contribution in [0.25, 0.3) is 0 Å². The standard InChI is InChI=1S/C28H47NO3/c1-17(6-9-24-29-26(2,3)16-32-24)20-7-8-21-25-22(11-13-28(20,21)5)27(4)12-10-19(30)14-18(27)15-23(25)31/h17-23,25,30-31H,6-16H2,1-5H3/t17-,18-,19+,20-,21+,22+,23+,25+,27+,28-/m1/s1. The van der Waals surface area contributed by atoms with Gasteiger partial charge in [0.1, 0.15) is 6.61 Å². The molecule has 0 unspecified atom stereocenters. The highest BCUT2D eigenvalue weighted by molar-refractivity contribution is 5.78. The summed E-state index contributed by atoms with van der Waals surface area (Å²) in [5, 5.41) is 21.7. The van der Waals surface area contributed by atoms with Crippen molar-refractivity contribution in [1.82, 2.24) is 0 Å². The zero-order chi connectivity index (χ0) is 22.9. The van der Waals surface area contributed by atoms with E-state index in [4.69, 9.17) is 9.73 Å². The maximum absolute atomic E-state index is 11.4. The molecule has 0 aromatic carbocycles. The van der Waals surface area contributed by atoms with Crippen LogP contribution in [0.3, 0.4) is 0 Å². The minimum absolute atomic E-state index is 0.0539. The summed E-state index contributed by atoms with van der Waals surface area (Å²) < 4.78 is 5.87. The summed E-state index contributed by atoms with van der Waals surface area (Å²) in [5.41, 5.74) is 0.622. The number of nitrogens with zero attached hydrogens (tertiary/aromatic N) is 1. The number of aliphatic hydroxyl groups is 2. The Morgan fingerprint density at radius 3 is 2.41 bits per heavy atom. The van der Waals surface area contributed by atoms with Gasteiger partial charge in [-0.3, -0.25) is 0 Å². The number of hydrogen-bond donors (Lipinski definition) is 2. The predicted octanol–water partition coefficient (Wildman–Crippen LogP) is 5.60. The Hall–Kier alpha value is -0.610. The zero-order valence-corrected chi connectivity index (χ0v) is 21.1. The van der Waals surface area contributed by atoms with Crippen LogP contribution in [-0.4, -0.2) is 40.5 Å². The molecule has 0 aromatic heterocycles. The molecule has 32 heavy (non-hydrogen) atoms. The highest BCUT2D eigenvalue weighted by Gasteiger charge is 2.62. The average molecular weight is 446 g/mol. The summed E-state index contributed by atoms with van der Waals surface area (Å²) in [5.74, 6) is 4.64. The van der Waals surface area contributed by atoms with Crippen LogP contribution in [0.15, 0.2) is 4.99 Å². The van der Waals surface area contributed by atoms with Crippen molar-refractivity contribution in [3.63, 3.8) is 0 Å². The third-order valence-corrected chi connectivity index (χ3v) is 11.2. The minimum Gasteiger partial charge on any atom is -0.478 e. The Kier molecular flexibility index (Phi) is 5.76. The van der Waals surface area contributed by atoms with E-state index < -0.39 is 0 Å². The lowest BCUT2D eigenvalue weighted by Gasteiger charge is -2.62. The average Bonchev–Trinajstić information content (AvgIpc) is 3.26.